The largest absolute Gasteiger partial charge is 0.311 e. The number of rotatable bonds is 2. The van der Waals surface area contributed by atoms with Crippen LogP contribution >= 0.6 is 0 Å². The summed E-state index contributed by atoms with van der Waals surface area (Å²) >= 11 is 0. The molecular formula is C11H22N2. The van der Waals surface area contributed by atoms with Crippen LogP contribution in [0.2, 0.25) is 0 Å². The first-order valence-electron chi connectivity index (χ1n) is 5.83. The number of hydrogen-bond acceptors (Lipinski definition) is 2. The third-order valence-electron chi connectivity index (χ3n) is 3.65. The van der Waals surface area contributed by atoms with Gasteiger partial charge in [0, 0.05) is 24.7 Å². The van der Waals surface area contributed by atoms with Crippen molar-refractivity contribution in [3.63, 3.8) is 0 Å². The van der Waals surface area contributed by atoms with Crippen molar-refractivity contribution in [2.24, 2.45) is 0 Å². The molecule has 0 bridgehead atoms. The van der Waals surface area contributed by atoms with Gasteiger partial charge in [-0.05, 0) is 19.3 Å². The lowest BCUT2D eigenvalue weighted by molar-refractivity contribution is 0.232. The van der Waals surface area contributed by atoms with E-state index in [1.54, 1.807) is 0 Å². The summed E-state index contributed by atoms with van der Waals surface area (Å²) < 4.78 is 0. The summed E-state index contributed by atoms with van der Waals surface area (Å²) in [6, 6.07) is 0.733. The average Bonchev–Trinajstić information content (AvgIpc) is 2.59. The lowest BCUT2D eigenvalue weighted by atomic mass is 9.93. The highest BCUT2D eigenvalue weighted by Crippen LogP contribution is 2.30. The molecule has 1 saturated carbocycles. The summed E-state index contributed by atoms with van der Waals surface area (Å²) in [5.74, 6) is 0. The predicted octanol–water partition coefficient (Wildman–Crippen LogP) is 1.66. The van der Waals surface area contributed by atoms with Crippen LogP contribution in [0.25, 0.3) is 0 Å². The number of piperazine rings is 1. The first-order chi connectivity index (χ1) is 6.35. The predicted molar refractivity (Wildman–Crippen MR) is 55.9 cm³/mol. The van der Waals surface area contributed by atoms with Crippen molar-refractivity contribution in [3.8, 4) is 0 Å². The minimum Gasteiger partial charge on any atom is -0.311 e. The molecule has 0 aromatic rings. The van der Waals surface area contributed by atoms with Gasteiger partial charge in [0.25, 0.3) is 0 Å². The highest BCUT2D eigenvalue weighted by molar-refractivity contribution is 4.99. The second-order valence-corrected chi connectivity index (χ2v) is 4.73. The van der Waals surface area contributed by atoms with Crippen LogP contribution in [-0.2, 0) is 0 Å². The van der Waals surface area contributed by atoms with E-state index in [9.17, 15) is 0 Å². The zero-order chi connectivity index (χ0) is 9.15. The molecule has 0 aromatic heterocycles. The van der Waals surface area contributed by atoms with E-state index in [-0.39, 0.29) is 0 Å². The number of nitrogens with one attached hydrogen (secondary N) is 2. The van der Waals surface area contributed by atoms with Crippen LogP contribution in [0.5, 0.6) is 0 Å². The van der Waals surface area contributed by atoms with Crippen molar-refractivity contribution in [1.82, 2.24) is 10.6 Å². The van der Waals surface area contributed by atoms with Crippen LogP contribution in [0.4, 0.5) is 0 Å². The molecule has 76 valence electrons. The molecule has 0 amide bonds. The first-order valence-corrected chi connectivity index (χ1v) is 5.83. The van der Waals surface area contributed by atoms with Crippen LogP contribution in [-0.4, -0.2) is 24.7 Å². The molecule has 2 nitrogen and oxygen atoms in total. The SMILES string of the molecule is CCCC1CNC2(CCCC2)CN1. The van der Waals surface area contributed by atoms with E-state index in [2.05, 4.69) is 17.6 Å². The second kappa shape index (κ2) is 3.97. The molecule has 2 heteroatoms. The Labute approximate surface area is 81.5 Å². The van der Waals surface area contributed by atoms with Crippen LogP contribution in [0.15, 0.2) is 0 Å². The molecule has 1 aliphatic heterocycles. The van der Waals surface area contributed by atoms with E-state index >= 15 is 0 Å². The first kappa shape index (κ1) is 9.47. The molecular weight excluding hydrogens is 160 g/mol. The Morgan fingerprint density at radius 2 is 2.08 bits per heavy atom. The van der Waals surface area contributed by atoms with Gasteiger partial charge in [-0.1, -0.05) is 26.2 Å². The van der Waals surface area contributed by atoms with Gasteiger partial charge in [0.2, 0.25) is 0 Å². The van der Waals surface area contributed by atoms with Gasteiger partial charge in [0.05, 0.1) is 0 Å². The molecule has 1 atom stereocenters. The van der Waals surface area contributed by atoms with Gasteiger partial charge in [-0.25, -0.2) is 0 Å². The normalized spacial score (nSPS) is 32.5. The van der Waals surface area contributed by atoms with Gasteiger partial charge < -0.3 is 10.6 Å². The van der Waals surface area contributed by atoms with E-state index in [1.807, 2.05) is 0 Å². The molecule has 1 heterocycles. The summed E-state index contributed by atoms with van der Waals surface area (Å²) in [7, 11) is 0. The maximum absolute atomic E-state index is 3.77. The fraction of sp³-hybridized carbons (Fsp3) is 1.00. The standard InChI is InChI=1S/C11H22N2/c1-2-5-10-8-13-11(9-12-10)6-3-4-7-11/h10,12-13H,2-9H2,1H3. The van der Waals surface area contributed by atoms with E-state index in [0.717, 1.165) is 6.04 Å². The minimum absolute atomic E-state index is 0.490. The maximum Gasteiger partial charge on any atom is 0.0307 e. The zero-order valence-corrected chi connectivity index (χ0v) is 8.73. The van der Waals surface area contributed by atoms with Gasteiger partial charge in [0.15, 0.2) is 0 Å². The molecule has 1 aliphatic carbocycles. The molecule has 2 fully saturated rings. The molecule has 1 spiro atoms. The lowest BCUT2D eigenvalue weighted by Crippen LogP contribution is -2.61. The Morgan fingerprint density at radius 1 is 1.31 bits per heavy atom. The zero-order valence-electron chi connectivity index (χ0n) is 8.73. The Balaban J connectivity index is 1.81. The topological polar surface area (TPSA) is 24.1 Å². The Kier molecular flexibility index (Phi) is 2.89. The lowest BCUT2D eigenvalue weighted by Gasteiger charge is -2.39. The van der Waals surface area contributed by atoms with Crippen molar-refractivity contribution in [2.75, 3.05) is 13.1 Å². The molecule has 2 N–H and O–H groups in total. The summed E-state index contributed by atoms with van der Waals surface area (Å²) in [6.45, 7) is 4.66. The van der Waals surface area contributed by atoms with Crippen LogP contribution in [0.3, 0.4) is 0 Å². The smallest absolute Gasteiger partial charge is 0.0307 e. The summed E-state index contributed by atoms with van der Waals surface area (Å²) in [4.78, 5) is 0. The number of hydrogen-bond donors (Lipinski definition) is 2. The van der Waals surface area contributed by atoms with Gasteiger partial charge in [0.1, 0.15) is 0 Å². The van der Waals surface area contributed by atoms with Crippen LogP contribution in [0, 0.1) is 0 Å². The van der Waals surface area contributed by atoms with Crippen LogP contribution in [0.1, 0.15) is 45.4 Å². The molecule has 1 saturated heterocycles. The minimum atomic E-state index is 0.490. The van der Waals surface area contributed by atoms with Gasteiger partial charge in [-0.2, -0.15) is 0 Å². The molecule has 13 heavy (non-hydrogen) atoms. The third kappa shape index (κ3) is 2.05. The van der Waals surface area contributed by atoms with Crippen molar-refractivity contribution in [1.29, 1.82) is 0 Å². The van der Waals surface area contributed by atoms with Crippen molar-refractivity contribution >= 4 is 0 Å². The molecule has 2 aliphatic rings. The van der Waals surface area contributed by atoms with E-state index in [0.29, 0.717) is 5.54 Å². The van der Waals surface area contributed by atoms with Crippen molar-refractivity contribution < 1.29 is 0 Å². The molecule has 0 radical (unpaired) electrons. The van der Waals surface area contributed by atoms with E-state index < -0.39 is 0 Å². The van der Waals surface area contributed by atoms with Gasteiger partial charge in [-0.15, -0.1) is 0 Å². The van der Waals surface area contributed by atoms with Crippen LogP contribution < -0.4 is 10.6 Å². The fourth-order valence-electron chi connectivity index (χ4n) is 2.77. The Morgan fingerprint density at radius 3 is 2.62 bits per heavy atom. The second-order valence-electron chi connectivity index (χ2n) is 4.73. The highest BCUT2D eigenvalue weighted by atomic mass is 15.1. The summed E-state index contributed by atoms with van der Waals surface area (Å²) in [6.07, 6.45) is 8.24. The fourth-order valence-corrected chi connectivity index (χ4v) is 2.77. The third-order valence-corrected chi connectivity index (χ3v) is 3.65. The Hall–Kier alpha value is -0.0800. The molecule has 0 aromatic carbocycles. The summed E-state index contributed by atoms with van der Waals surface area (Å²) in [5.41, 5.74) is 0.490. The maximum atomic E-state index is 3.77. The van der Waals surface area contributed by atoms with E-state index in [4.69, 9.17) is 0 Å². The van der Waals surface area contributed by atoms with Crippen molar-refractivity contribution in [3.05, 3.63) is 0 Å². The molecule has 1 unspecified atom stereocenters. The monoisotopic (exact) mass is 182 g/mol. The van der Waals surface area contributed by atoms with E-state index in [1.165, 1.54) is 51.6 Å². The quantitative estimate of drug-likeness (QED) is 0.678. The van der Waals surface area contributed by atoms with Gasteiger partial charge in [-0.3, -0.25) is 0 Å². The summed E-state index contributed by atoms with van der Waals surface area (Å²) in [5, 5.41) is 7.46. The highest BCUT2D eigenvalue weighted by Gasteiger charge is 2.36. The molecule has 2 rings (SSSR count). The van der Waals surface area contributed by atoms with Crippen molar-refractivity contribution in [2.45, 2.75) is 57.0 Å². The Bertz CT molecular complexity index is 151. The van der Waals surface area contributed by atoms with Gasteiger partial charge >= 0.3 is 0 Å². The average molecular weight is 182 g/mol.